The second kappa shape index (κ2) is 7.91. The number of amides is 1. The van der Waals surface area contributed by atoms with Crippen LogP contribution in [0.2, 0.25) is 0 Å². The van der Waals surface area contributed by atoms with Crippen LogP contribution in [0.1, 0.15) is 42.3 Å². The molecule has 1 aromatic carbocycles. The normalized spacial score (nSPS) is 11.9. The molecular formula is C19H21FN4O2. The molecule has 0 aliphatic rings. The molecule has 6 nitrogen and oxygen atoms in total. The summed E-state index contributed by atoms with van der Waals surface area (Å²) in [5.41, 5.74) is 1.21. The number of halogens is 1. The fourth-order valence-electron chi connectivity index (χ4n) is 2.67. The molecule has 1 heterocycles. The van der Waals surface area contributed by atoms with Gasteiger partial charge in [0.2, 0.25) is 5.91 Å². The Hall–Kier alpha value is -3.01. The second-order valence-electron chi connectivity index (χ2n) is 6.50. The van der Waals surface area contributed by atoms with E-state index < -0.39 is 11.5 Å². The fraction of sp³-hybridized carbons (Fsp3) is 0.368. The van der Waals surface area contributed by atoms with Crippen LogP contribution in [-0.2, 0) is 11.3 Å². The molecule has 2 aromatic rings. The monoisotopic (exact) mass is 356 g/mol. The lowest BCUT2D eigenvalue weighted by Gasteiger charge is -2.23. The van der Waals surface area contributed by atoms with Crippen molar-refractivity contribution in [2.75, 3.05) is 0 Å². The van der Waals surface area contributed by atoms with E-state index in [-0.39, 0.29) is 29.9 Å². The zero-order valence-electron chi connectivity index (χ0n) is 15.2. The highest BCUT2D eigenvalue weighted by molar-refractivity contribution is 5.76. The predicted molar refractivity (Wildman–Crippen MR) is 94.8 cm³/mol. The van der Waals surface area contributed by atoms with Crippen LogP contribution in [0, 0.1) is 36.9 Å². The SMILES string of the molecule is Cc1nn(CC(=O)N[C@@H](c2ccc(F)cc2)C(C)C)c(=O)c(C#N)c1C. The average molecular weight is 356 g/mol. The number of aromatic nitrogens is 2. The molecule has 1 N–H and O–H groups in total. The number of rotatable bonds is 5. The molecular weight excluding hydrogens is 335 g/mol. The lowest BCUT2D eigenvalue weighted by molar-refractivity contribution is -0.123. The minimum absolute atomic E-state index is 0.00996. The molecule has 0 saturated heterocycles. The third-order valence-electron chi connectivity index (χ3n) is 4.25. The summed E-state index contributed by atoms with van der Waals surface area (Å²) in [6.07, 6.45) is 0. The summed E-state index contributed by atoms with van der Waals surface area (Å²) in [7, 11) is 0. The van der Waals surface area contributed by atoms with E-state index >= 15 is 0 Å². The quantitative estimate of drug-likeness (QED) is 0.891. The van der Waals surface area contributed by atoms with Crippen molar-refractivity contribution in [1.29, 1.82) is 5.26 Å². The number of hydrogen-bond acceptors (Lipinski definition) is 4. The first-order valence-electron chi connectivity index (χ1n) is 8.27. The fourth-order valence-corrected chi connectivity index (χ4v) is 2.67. The Balaban J connectivity index is 2.24. The van der Waals surface area contributed by atoms with E-state index in [1.165, 1.54) is 12.1 Å². The van der Waals surface area contributed by atoms with E-state index in [9.17, 15) is 14.0 Å². The van der Waals surface area contributed by atoms with Crippen LogP contribution in [0.25, 0.3) is 0 Å². The first kappa shape index (κ1) is 19.3. The standard InChI is InChI=1S/C19H21FN4O2/c1-11(2)18(14-5-7-15(20)8-6-14)22-17(25)10-24-19(26)16(9-21)12(3)13(4)23-24/h5-8,11,18H,10H2,1-4H3,(H,22,25)/t18-/m1/s1. The maximum Gasteiger partial charge on any atom is 0.285 e. The van der Waals surface area contributed by atoms with Gasteiger partial charge in [-0.2, -0.15) is 10.4 Å². The number of nitriles is 1. The van der Waals surface area contributed by atoms with Crippen LogP contribution in [0.5, 0.6) is 0 Å². The molecule has 0 radical (unpaired) electrons. The van der Waals surface area contributed by atoms with Gasteiger partial charge in [-0.25, -0.2) is 9.07 Å². The van der Waals surface area contributed by atoms with E-state index in [1.54, 1.807) is 26.0 Å². The van der Waals surface area contributed by atoms with Crippen molar-refractivity contribution in [1.82, 2.24) is 15.1 Å². The molecule has 0 unspecified atom stereocenters. The van der Waals surface area contributed by atoms with E-state index in [0.29, 0.717) is 11.3 Å². The van der Waals surface area contributed by atoms with E-state index in [1.807, 2.05) is 19.9 Å². The molecule has 1 atom stereocenters. The average Bonchev–Trinajstić information content (AvgIpc) is 2.59. The zero-order valence-corrected chi connectivity index (χ0v) is 15.2. The Bertz CT molecular complexity index is 911. The second-order valence-corrected chi connectivity index (χ2v) is 6.50. The van der Waals surface area contributed by atoms with Gasteiger partial charge < -0.3 is 5.32 Å². The predicted octanol–water partition coefficient (Wildman–Crippen LogP) is 2.38. The maximum atomic E-state index is 13.1. The molecule has 1 aromatic heterocycles. The third-order valence-corrected chi connectivity index (χ3v) is 4.25. The lowest BCUT2D eigenvalue weighted by atomic mass is 9.96. The highest BCUT2D eigenvalue weighted by atomic mass is 19.1. The number of hydrogen-bond donors (Lipinski definition) is 1. The molecule has 0 saturated carbocycles. The molecule has 0 aliphatic carbocycles. The van der Waals surface area contributed by atoms with Gasteiger partial charge in [0.25, 0.3) is 5.56 Å². The lowest BCUT2D eigenvalue weighted by Crippen LogP contribution is -2.38. The largest absolute Gasteiger partial charge is 0.347 e. The zero-order chi connectivity index (χ0) is 19.4. The highest BCUT2D eigenvalue weighted by Gasteiger charge is 2.20. The highest BCUT2D eigenvalue weighted by Crippen LogP contribution is 2.21. The summed E-state index contributed by atoms with van der Waals surface area (Å²) in [6, 6.07) is 7.45. The van der Waals surface area contributed by atoms with E-state index in [0.717, 1.165) is 10.2 Å². The summed E-state index contributed by atoms with van der Waals surface area (Å²) in [6.45, 7) is 6.90. The smallest absolute Gasteiger partial charge is 0.285 e. The summed E-state index contributed by atoms with van der Waals surface area (Å²) in [4.78, 5) is 24.7. The van der Waals surface area contributed by atoms with Crippen molar-refractivity contribution in [2.45, 2.75) is 40.3 Å². The van der Waals surface area contributed by atoms with Gasteiger partial charge >= 0.3 is 0 Å². The van der Waals surface area contributed by atoms with Gasteiger partial charge in [0.15, 0.2) is 0 Å². The minimum Gasteiger partial charge on any atom is -0.347 e. The summed E-state index contributed by atoms with van der Waals surface area (Å²) < 4.78 is 14.1. The van der Waals surface area contributed by atoms with Crippen LogP contribution in [0.15, 0.2) is 29.1 Å². The Morgan fingerprint density at radius 1 is 1.31 bits per heavy atom. The van der Waals surface area contributed by atoms with Gasteiger partial charge in [-0.05, 0) is 43.0 Å². The first-order valence-corrected chi connectivity index (χ1v) is 8.27. The molecule has 2 rings (SSSR count). The number of nitrogens with zero attached hydrogens (tertiary/aromatic N) is 3. The van der Waals surface area contributed by atoms with Crippen molar-refractivity contribution in [3.05, 3.63) is 62.8 Å². The number of benzene rings is 1. The van der Waals surface area contributed by atoms with Gasteiger partial charge in [0, 0.05) is 0 Å². The van der Waals surface area contributed by atoms with Gasteiger partial charge in [-0.15, -0.1) is 0 Å². The van der Waals surface area contributed by atoms with Gasteiger partial charge in [-0.1, -0.05) is 26.0 Å². The van der Waals surface area contributed by atoms with E-state index in [4.69, 9.17) is 5.26 Å². The number of carbonyl (C=O) groups is 1. The first-order chi connectivity index (χ1) is 12.2. The summed E-state index contributed by atoms with van der Waals surface area (Å²) >= 11 is 0. The van der Waals surface area contributed by atoms with Gasteiger partial charge in [0.1, 0.15) is 24.0 Å². The molecule has 0 aliphatic heterocycles. The molecule has 1 amide bonds. The molecule has 136 valence electrons. The molecule has 26 heavy (non-hydrogen) atoms. The molecule has 0 bridgehead atoms. The van der Waals surface area contributed by atoms with Gasteiger partial charge in [-0.3, -0.25) is 9.59 Å². The van der Waals surface area contributed by atoms with Crippen molar-refractivity contribution in [3.63, 3.8) is 0 Å². The Morgan fingerprint density at radius 3 is 2.46 bits per heavy atom. The summed E-state index contributed by atoms with van der Waals surface area (Å²) in [5.74, 6) is -0.698. The number of nitrogens with one attached hydrogen (secondary N) is 1. The Kier molecular flexibility index (Phi) is 5.88. The van der Waals surface area contributed by atoms with Crippen molar-refractivity contribution in [2.24, 2.45) is 5.92 Å². The van der Waals surface area contributed by atoms with Gasteiger partial charge in [0.05, 0.1) is 11.7 Å². The molecule has 0 spiro atoms. The van der Waals surface area contributed by atoms with Crippen LogP contribution in [-0.4, -0.2) is 15.7 Å². The van der Waals surface area contributed by atoms with Crippen molar-refractivity contribution >= 4 is 5.91 Å². The van der Waals surface area contributed by atoms with Crippen LogP contribution in [0.3, 0.4) is 0 Å². The molecule has 7 heteroatoms. The van der Waals surface area contributed by atoms with Crippen molar-refractivity contribution < 1.29 is 9.18 Å². The maximum absolute atomic E-state index is 13.1. The van der Waals surface area contributed by atoms with Crippen LogP contribution < -0.4 is 10.9 Å². The topological polar surface area (TPSA) is 87.8 Å². The summed E-state index contributed by atoms with van der Waals surface area (Å²) in [5, 5.41) is 16.1. The molecule has 0 fully saturated rings. The number of aryl methyl sites for hydroxylation is 1. The van der Waals surface area contributed by atoms with E-state index in [2.05, 4.69) is 10.4 Å². The Morgan fingerprint density at radius 2 is 1.92 bits per heavy atom. The third kappa shape index (κ3) is 4.14. The van der Waals surface area contributed by atoms with Crippen molar-refractivity contribution in [3.8, 4) is 6.07 Å². The number of carbonyl (C=O) groups excluding carboxylic acids is 1. The van der Waals surface area contributed by atoms with Crippen LogP contribution >= 0.6 is 0 Å². The van der Waals surface area contributed by atoms with Crippen LogP contribution in [0.4, 0.5) is 4.39 Å². The minimum atomic E-state index is -0.589. The Labute approximate surface area is 151 Å².